The van der Waals surface area contributed by atoms with Gasteiger partial charge in [-0.1, -0.05) is 13.8 Å². The van der Waals surface area contributed by atoms with E-state index in [2.05, 4.69) is 17.0 Å². The van der Waals surface area contributed by atoms with Crippen LogP contribution in [0.1, 0.15) is 37.8 Å². The smallest absolute Gasteiger partial charge is 0.143 e. The molecule has 0 atom stereocenters. The number of pyridine rings is 1. The largest absolute Gasteiger partial charge is 0.495 e. The Bertz CT molecular complexity index is 628. The number of aryl methyl sites for hydroxylation is 1. The summed E-state index contributed by atoms with van der Waals surface area (Å²) in [4.78, 5) is 2.24. The van der Waals surface area contributed by atoms with E-state index in [4.69, 9.17) is 4.74 Å². The molecule has 2 aromatic rings. The lowest BCUT2D eigenvalue weighted by Crippen LogP contribution is -2.41. The normalized spacial score (nSPS) is 17.9. The monoisotopic (exact) mass is 305 g/mol. The maximum atomic E-state index is 11.0. The topological polar surface area (TPSA) is 50.0 Å². The van der Waals surface area contributed by atoms with Gasteiger partial charge in [-0.3, -0.25) is 0 Å². The molecule has 0 saturated carbocycles. The van der Waals surface area contributed by atoms with E-state index in [0.717, 1.165) is 42.6 Å². The second-order valence-corrected chi connectivity index (χ2v) is 5.75. The molecule has 0 amide bonds. The van der Waals surface area contributed by atoms with E-state index in [1.54, 1.807) is 11.6 Å². The summed E-state index contributed by atoms with van der Waals surface area (Å²) in [7, 11) is 3.72. The van der Waals surface area contributed by atoms with Crippen LogP contribution in [0.25, 0.3) is 5.52 Å². The molecular weight excluding hydrogens is 278 g/mol. The quantitative estimate of drug-likeness (QED) is 0.926. The molecule has 1 saturated heterocycles. The fraction of sp³-hybridized carbons (Fsp3) is 0.588. The summed E-state index contributed by atoms with van der Waals surface area (Å²) < 4.78 is 7.28. The van der Waals surface area contributed by atoms with E-state index in [1.165, 1.54) is 0 Å². The average Bonchev–Trinajstić information content (AvgIpc) is 2.92. The number of methoxy groups -OCH3 is 1. The molecule has 3 rings (SSSR count). The first-order valence-corrected chi connectivity index (χ1v) is 7.97. The van der Waals surface area contributed by atoms with Crippen molar-refractivity contribution >= 4 is 5.52 Å². The lowest BCUT2D eigenvalue weighted by molar-refractivity contribution is -0.0219. The number of aliphatic hydroxyl groups is 1. The van der Waals surface area contributed by atoms with Crippen molar-refractivity contribution in [1.82, 2.24) is 14.5 Å². The number of fused-ring (bicyclic) bond motifs is 1. The van der Waals surface area contributed by atoms with Crippen molar-refractivity contribution in [1.29, 1.82) is 0 Å². The second kappa shape index (κ2) is 6.67. The van der Waals surface area contributed by atoms with Crippen molar-refractivity contribution in [2.75, 3.05) is 27.2 Å². The Kier molecular flexibility index (Phi) is 5.08. The molecule has 122 valence electrons. The standard InChI is InChI=1S/C15H21N3O2.C2H6/c1-11-9-16-18-10-14(20-3)12(8-13(11)18)15(19)4-6-17(2)7-5-15;1-2/h8-10,19H,4-7H2,1-3H3;1-2H3. The first-order chi connectivity index (χ1) is 10.5. The first kappa shape index (κ1) is 16.8. The van der Waals surface area contributed by atoms with E-state index in [-0.39, 0.29) is 0 Å². The van der Waals surface area contributed by atoms with E-state index in [0.29, 0.717) is 5.75 Å². The zero-order chi connectivity index (χ0) is 16.3. The van der Waals surface area contributed by atoms with Crippen LogP contribution in [0.5, 0.6) is 5.75 Å². The third-order valence-electron chi connectivity index (χ3n) is 4.35. The van der Waals surface area contributed by atoms with Gasteiger partial charge in [-0.05, 0) is 38.4 Å². The summed E-state index contributed by atoms with van der Waals surface area (Å²) >= 11 is 0. The van der Waals surface area contributed by atoms with Crippen LogP contribution in [0.4, 0.5) is 0 Å². The maximum absolute atomic E-state index is 11.0. The molecule has 1 aliphatic rings. The molecule has 1 N–H and O–H groups in total. The zero-order valence-electron chi connectivity index (χ0n) is 14.3. The summed E-state index contributed by atoms with van der Waals surface area (Å²) in [5, 5.41) is 15.3. The summed E-state index contributed by atoms with van der Waals surface area (Å²) in [6.45, 7) is 7.81. The fourth-order valence-corrected chi connectivity index (χ4v) is 2.91. The lowest BCUT2D eigenvalue weighted by atomic mass is 9.84. The number of aromatic nitrogens is 2. The Morgan fingerprint density at radius 1 is 1.27 bits per heavy atom. The molecule has 0 spiro atoms. The highest BCUT2D eigenvalue weighted by molar-refractivity contribution is 5.58. The fourth-order valence-electron chi connectivity index (χ4n) is 2.91. The van der Waals surface area contributed by atoms with Crippen molar-refractivity contribution in [3.8, 4) is 5.75 Å². The van der Waals surface area contributed by atoms with Crippen LogP contribution in [-0.4, -0.2) is 46.9 Å². The summed E-state index contributed by atoms with van der Waals surface area (Å²) in [5.41, 5.74) is 2.19. The third kappa shape index (κ3) is 2.96. The first-order valence-electron chi connectivity index (χ1n) is 7.97. The molecule has 0 bridgehead atoms. The van der Waals surface area contributed by atoms with Crippen LogP contribution in [0.3, 0.4) is 0 Å². The Morgan fingerprint density at radius 3 is 2.50 bits per heavy atom. The van der Waals surface area contributed by atoms with Crippen molar-refractivity contribution in [3.05, 3.63) is 29.6 Å². The number of likely N-dealkylation sites (tertiary alicyclic amines) is 1. The molecule has 5 nitrogen and oxygen atoms in total. The van der Waals surface area contributed by atoms with Gasteiger partial charge in [0.05, 0.1) is 30.6 Å². The van der Waals surface area contributed by atoms with Gasteiger partial charge in [0.25, 0.3) is 0 Å². The van der Waals surface area contributed by atoms with Crippen molar-refractivity contribution < 1.29 is 9.84 Å². The van der Waals surface area contributed by atoms with E-state index in [1.807, 2.05) is 39.2 Å². The summed E-state index contributed by atoms with van der Waals surface area (Å²) in [6.07, 6.45) is 5.14. The molecule has 0 aliphatic carbocycles. The van der Waals surface area contributed by atoms with E-state index < -0.39 is 5.60 Å². The Labute approximate surface area is 132 Å². The second-order valence-electron chi connectivity index (χ2n) is 5.75. The van der Waals surface area contributed by atoms with Crippen molar-refractivity contribution in [2.24, 2.45) is 0 Å². The molecule has 0 aromatic carbocycles. The number of rotatable bonds is 2. The molecule has 1 aliphatic heterocycles. The number of ether oxygens (including phenoxy) is 1. The van der Waals surface area contributed by atoms with Crippen LogP contribution in [-0.2, 0) is 5.60 Å². The minimum Gasteiger partial charge on any atom is -0.495 e. The number of piperidine rings is 1. The van der Waals surface area contributed by atoms with Crippen LogP contribution in [0, 0.1) is 6.92 Å². The molecule has 5 heteroatoms. The van der Waals surface area contributed by atoms with Gasteiger partial charge in [-0.2, -0.15) is 5.10 Å². The Morgan fingerprint density at radius 2 is 1.91 bits per heavy atom. The van der Waals surface area contributed by atoms with Crippen molar-refractivity contribution in [2.45, 2.75) is 39.2 Å². The van der Waals surface area contributed by atoms with Crippen LogP contribution < -0.4 is 4.74 Å². The average molecular weight is 305 g/mol. The van der Waals surface area contributed by atoms with Gasteiger partial charge in [-0.15, -0.1) is 0 Å². The molecule has 3 heterocycles. The molecule has 2 aromatic heterocycles. The lowest BCUT2D eigenvalue weighted by Gasteiger charge is -2.37. The SMILES string of the molecule is CC.COc1cn2ncc(C)c2cc1C1(O)CCN(C)CC1. The molecule has 22 heavy (non-hydrogen) atoms. The zero-order valence-corrected chi connectivity index (χ0v) is 14.3. The number of nitrogens with zero attached hydrogens (tertiary/aromatic N) is 3. The van der Waals surface area contributed by atoms with Gasteiger partial charge < -0.3 is 14.7 Å². The van der Waals surface area contributed by atoms with Gasteiger partial charge in [0.1, 0.15) is 5.75 Å². The van der Waals surface area contributed by atoms with Crippen LogP contribution in [0.15, 0.2) is 18.5 Å². The Hall–Kier alpha value is -1.59. The highest BCUT2D eigenvalue weighted by atomic mass is 16.5. The van der Waals surface area contributed by atoms with E-state index >= 15 is 0 Å². The van der Waals surface area contributed by atoms with E-state index in [9.17, 15) is 5.11 Å². The molecular formula is C17H27N3O2. The van der Waals surface area contributed by atoms with Gasteiger partial charge in [-0.25, -0.2) is 4.52 Å². The maximum Gasteiger partial charge on any atom is 0.143 e. The van der Waals surface area contributed by atoms with Crippen LogP contribution >= 0.6 is 0 Å². The van der Waals surface area contributed by atoms with Gasteiger partial charge >= 0.3 is 0 Å². The van der Waals surface area contributed by atoms with Crippen LogP contribution in [0.2, 0.25) is 0 Å². The summed E-state index contributed by atoms with van der Waals surface area (Å²) in [5.74, 6) is 0.702. The minimum absolute atomic E-state index is 0.702. The molecule has 1 fully saturated rings. The molecule has 0 radical (unpaired) electrons. The van der Waals surface area contributed by atoms with Gasteiger partial charge in [0, 0.05) is 18.7 Å². The number of hydrogen-bond acceptors (Lipinski definition) is 4. The van der Waals surface area contributed by atoms with Crippen molar-refractivity contribution in [3.63, 3.8) is 0 Å². The van der Waals surface area contributed by atoms with Gasteiger partial charge in [0.2, 0.25) is 0 Å². The highest BCUT2D eigenvalue weighted by Gasteiger charge is 2.36. The predicted molar refractivity (Wildman–Crippen MR) is 88.5 cm³/mol. The van der Waals surface area contributed by atoms with Gasteiger partial charge in [0.15, 0.2) is 0 Å². The number of hydrogen-bond donors (Lipinski definition) is 1. The highest BCUT2D eigenvalue weighted by Crippen LogP contribution is 2.38. The summed E-state index contributed by atoms with van der Waals surface area (Å²) in [6, 6.07) is 2.02. The predicted octanol–water partition coefficient (Wildman–Crippen LogP) is 2.59. The molecule has 0 unspecified atom stereocenters. The Balaban J connectivity index is 0.000000847. The minimum atomic E-state index is -0.809. The third-order valence-corrected chi connectivity index (χ3v) is 4.35.